The van der Waals surface area contributed by atoms with Gasteiger partial charge in [0.15, 0.2) is 11.5 Å². The molecule has 0 atom stereocenters. The summed E-state index contributed by atoms with van der Waals surface area (Å²) in [7, 11) is 0. The minimum Gasteiger partial charge on any atom is -0.454 e. The maximum Gasteiger partial charge on any atom is 0.253 e. The second-order valence-electron chi connectivity index (χ2n) is 7.42. The first-order chi connectivity index (χ1) is 13.8. The van der Waals surface area contributed by atoms with E-state index in [0.717, 1.165) is 60.5 Å². The first-order valence-electron chi connectivity index (χ1n) is 9.79. The van der Waals surface area contributed by atoms with E-state index in [9.17, 15) is 4.79 Å². The molecular formula is C23H22N2O3. The van der Waals surface area contributed by atoms with E-state index in [1.54, 1.807) is 0 Å². The number of hydrogen-bond donors (Lipinski definition) is 0. The van der Waals surface area contributed by atoms with Crippen LogP contribution < -0.4 is 9.47 Å². The molecule has 0 bridgehead atoms. The van der Waals surface area contributed by atoms with Crippen molar-refractivity contribution in [2.24, 2.45) is 10.9 Å². The highest BCUT2D eigenvalue weighted by atomic mass is 16.7. The number of piperidine rings is 1. The monoisotopic (exact) mass is 374 g/mol. The predicted molar refractivity (Wildman–Crippen MR) is 108 cm³/mol. The van der Waals surface area contributed by atoms with Crippen molar-refractivity contribution in [1.29, 1.82) is 0 Å². The molecule has 3 aliphatic heterocycles. The number of amides is 1. The van der Waals surface area contributed by atoms with E-state index < -0.39 is 0 Å². The van der Waals surface area contributed by atoms with E-state index in [2.05, 4.69) is 11.1 Å². The van der Waals surface area contributed by atoms with E-state index in [-0.39, 0.29) is 12.7 Å². The molecule has 2 aromatic rings. The zero-order valence-electron chi connectivity index (χ0n) is 15.6. The van der Waals surface area contributed by atoms with Crippen LogP contribution in [-0.2, 0) is 0 Å². The molecule has 1 saturated heterocycles. The maximum atomic E-state index is 12.9. The van der Waals surface area contributed by atoms with E-state index in [0.29, 0.717) is 5.92 Å². The number of carbonyl (C=O) groups is 1. The summed E-state index contributed by atoms with van der Waals surface area (Å²) in [6.07, 6.45) is 6.98. The standard InChI is InChI=1S/C23H22N2O3/c26-23(25-12-9-17(10-13-25)20-2-1-11-24-20)18-5-3-16(4-6-18)19-7-8-21-22(14-19)28-15-27-21/h1,3-8,11,14,17H,2,9-10,12-13,15H2. The third-order valence-corrected chi connectivity index (χ3v) is 5.76. The fourth-order valence-electron chi connectivity index (χ4n) is 4.13. The average Bonchev–Trinajstić information content (AvgIpc) is 3.45. The average molecular weight is 374 g/mol. The topological polar surface area (TPSA) is 51.1 Å². The van der Waals surface area contributed by atoms with Crippen LogP contribution in [0.4, 0.5) is 0 Å². The molecule has 5 rings (SSSR count). The third-order valence-electron chi connectivity index (χ3n) is 5.76. The van der Waals surface area contributed by atoms with E-state index >= 15 is 0 Å². The lowest BCUT2D eigenvalue weighted by Gasteiger charge is -2.32. The summed E-state index contributed by atoms with van der Waals surface area (Å²) in [6, 6.07) is 13.7. The molecule has 2 aromatic carbocycles. The van der Waals surface area contributed by atoms with Gasteiger partial charge in [0.2, 0.25) is 6.79 Å². The van der Waals surface area contributed by atoms with Gasteiger partial charge in [0.25, 0.3) is 5.91 Å². The number of hydrogen-bond acceptors (Lipinski definition) is 4. The fraction of sp³-hybridized carbons (Fsp3) is 0.304. The molecule has 5 heteroatoms. The van der Waals surface area contributed by atoms with Gasteiger partial charge in [0.05, 0.1) is 0 Å². The lowest BCUT2D eigenvalue weighted by atomic mass is 9.90. The number of fused-ring (bicyclic) bond motifs is 1. The van der Waals surface area contributed by atoms with Crippen molar-refractivity contribution in [1.82, 2.24) is 4.90 Å². The van der Waals surface area contributed by atoms with Crippen LogP contribution >= 0.6 is 0 Å². The highest BCUT2D eigenvalue weighted by molar-refractivity contribution is 5.95. The van der Waals surface area contributed by atoms with Crippen molar-refractivity contribution in [2.75, 3.05) is 19.9 Å². The van der Waals surface area contributed by atoms with Crippen LogP contribution in [0.25, 0.3) is 11.1 Å². The zero-order valence-corrected chi connectivity index (χ0v) is 15.6. The molecule has 0 radical (unpaired) electrons. The Morgan fingerprint density at radius 1 is 0.964 bits per heavy atom. The minimum absolute atomic E-state index is 0.113. The minimum atomic E-state index is 0.113. The number of carbonyl (C=O) groups excluding carboxylic acids is 1. The fourth-order valence-corrected chi connectivity index (χ4v) is 4.13. The molecule has 0 aliphatic carbocycles. The van der Waals surface area contributed by atoms with Crippen LogP contribution in [0, 0.1) is 5.92 Å². The van der Waals surface area contributed by atoms with Crippen molar-refractivity contribution < 1.29 is 14.3 Å². The Morgan fingerprint density at radius 3 is 2.46 bits per heavy atom. The number of benzene rings is 2. The Morgan fingerprint density at radius 2 is 1.71 bits per heavy atom. The maximum absolute atomic E-state index is 12.9. The van der Waals surface area contributed by atoms with Gasteiger partial charge < -0.3 is 14.4 Å². The van der Waals surface area contributed by atoms with Gasteiger partial charge in [-0.15, -0.1) is 0 Å². The van der Waals surface area contributed by atoms with Crippen molar-refractivity contribution in [3.63, 3.8) is 0 Å². The number of aliphatic imine (C=N–C) groups is 1. The third kappa shape index (κ3) is 3.17. The summed E-state index contributed by atoms with van der Waals surface area (Å²) < 4.78 is 10.8. The molecule has 3 aliphatic rings. The Balaban J connectivity index is 1.25. The summed E-state index contributed by atoms with van der Waals surface area (Å²) >= 11 is 0. The van der Waals surface area contributed by atoms with E-state index in [4.69, 9.17) is 9.47 Å². The molecule has 1 amide bonds. The number of allylic oxidation sites excluding steroid dienone is 1. The van der Waals surface area contributed by atoms with Crippen molar-refractivity contribution >= 4 is 11.6 Å². The van der Waals surface area contributed by atoms with Gasteiger partial charge in [0.1, 0.15) is 0 Å². The number of likely N-dealkylation sites (tertiary alicyclic amines) is 1. The van der Waals surface area contributed by atoms with Crippen LogP contribution in [0.1, 0.15) is 29.6 Å². The molecule has 0 aromatic heterocycles. The zero-order chi connectivity index (χ0) is 18.9. The molecule has 5 nitrogen and oxygen atoms in total. The van der Waals surface area contributed by atoms with Gasteiger partial charge in [0, 0.05) is 42.9 Å². The first kappa shape index (κ1) is 17.0. The smallest absolute Gasteiger partial charge is 0.253 e. The van der Waals surface area contributed by atoms with Crippen LogP contribution in [0.3, 0.4) is 0 Å². The van der Waals surface area contributed by atoms with Crippen LogP contribution in [0.5, 0.6) is 11.5 Å². The molecule has 28 heavy (non-hydrogen) atoms. The van der Waals surface area contributed by atoms with Crippen LogP contribution in [0.2, 0.25) is 0 Å². The molecule has 3 heterocycles. The lowest BCUT2D eigenvalue weighted by molar-refractivity contribution is 0.0710. The molecule has 0 saturated carbocycles. The van der Waals surface area contributed by atoms with Gasteiger partial charge in [-0.05, 0) is 48.2 Å². The highest BCUT2D eigenvalue weighted by Gasteiger charge is 2.26. The van der Waals surface area contributed by atoms with Crippen molar-refractivity contribution in [3.8, 4) is 22.6 Å². The highest BCUT2D eigenvalue weighted by Crippen LogP contribution is 2.36. The Labute approximate surface area is 164 Å². The Kier molecular flexibility index (Phi) is 4.35. The van der Waals surface area contributed by atoms with Gasteiger partial charge in [-0.25, -0.2) is 0 Å². The van der Waals surface area contributed by atoms with Crippen molar-refractivity contribution in [3.05, 3.63) is 60.3 Å². The molecule has 1 fully saturated rings. The lowest BCUT2D eigenvalue weighted by Crippen LogP contribution is -2.40. The molecular weight excluding hydrogens is 352 g/mol. The van der Waals surface area contributed by atoms with Gasteiger partial charge in [-0.2, -0.15) is 0 Å². The summed E-state index contributed by atoms with van der Waals surface area (Å²) in [4.78, 5) is 19.3. The van der Waals surface area contributed by atoms with Crippen LogP contribution in [0.15, 0.2) is 59.7 Å². The second-order valence-corrected chi connectivity index (χ2v) is 7.42. The molecule has 0 unspecified atom stereocenters. The SMILES string of the molecule is O=C(c1ccc(-c2ccc3c(c2)OCO3)cc1)N1CCC(C2=NC=CC2)CC1. The van der Waals surface area contributed by atoms with Gasteiger partial charge in [-0.1, -0.05) is 24.3 Å². The van der Waals surface area contributed by atoms with Gasteiger partial charge in [-0.3, -0.25) is 9.79 Å². The largest absolute Gasteiger partial charge is 0.454 e. The normalized spacial score (nSPS) is 18.4. The quantitative estimate of drug-likeness (QED) is 0.805. The Hall–Kier alpha value is -3.08. The van der Waals surface area contributed by atoms with Crippen molar-refractivity contribution in [2.45, 2.75) is 19.3 Å². The number of ether oxygens (including phenoxy) is 2. The summed E-state index contributed by atoms with van der Waals surface area (Å²) in [6.45, 7) is 1.87. The van der Waals surface area contributed by atoms with Gasteiger partial charge >= 0.3 is 0 Å². The van der Waals surface area contributed by atoms with E-state index in [1.807, 2.05) is 53.6 Å². The second kappa shape index (κ2) is 7.15. The summed E-state index contributed by atoms with van der Waals surface area (Å²) in [5, 5.41) is 0. The van der Waals surface area contributed by atoms with E-state index in [1.165, 1.54) is 5.71 Å². The number of rotatable bonds is 3. The summed E-state index contributed by atoms with van der Waals surface area (Å²) in [5.74, 6) is 2.18. The molecule has 0 spiro atoms. The van der Waals surface area contributed by atoms with Crippen LogP contribution in [-0.4, -0.2) is 36.4 Å². The summed E-state index contributed by atoms with van der Waals surface area (Å²) in [5.41, 5.74) is 4.12. The first-order valence-corrected chi connectivity index (χ1v) is 9.79. The molecule has 142 valence electrons. The Bertz CT molecular complexity index is 954. The molecule has 0 N–H and O–H groups in total. The number of nitrogens with zero attached hydrogens (tertiary/aromatic N) is 2. The predicted octanol–water partition coefficient (Wildman–Crippen LogP) is 4.29.